The van der Waals surface area contributed by atoms with Crippen molar-refractivity contribution in [3.63, 3.8) is 0 Å². The number of hydrogen-bond donors (Lipinski definition) is 1. The summed E-state index contributed by atoms with van der Waals surface area (Å²) in [5, 5.41) is 0. The lowest BCUT2D eigenvalue weighted by molar-refractivity contribution is 0.519. The fourth-order valence-corrected chi connectivity index (χ4v) is 4.75. The maximum Gasteiger partial charge on any atom is 0.00401 e. The molecule has 0 saturated heterocycles. The third-order valence-electron chi connectivity index (χ3n) is 6.76. The third kappa shape index (κ3) is 19.9. The van der Waals surface area contributed by atoms with Crippen LogP contribution >= 0.6 is 12.6 Å². The standard InChI is InChI=1S/C30H54S/c1-2-3-4-5-6-7-8-9-10-11-12-13-14-15-16-17-18-19-20-21-22-23-24-29-25-27-30(31)28-26-29/h25-28,31H,2-24H2,1H3. The fraction of sp³-hybridized carbons (Fsp3) is 0.800. The molecule has 0 aliphatic rings. The molecule has 0 N–H and O–H groups in total. The van der Waals surface area contributed by atoms with Crippen LogP contribution in [0.1, 0.15) is 154 Å². The summed E-state index contributed by atoms with van der Waals surface area (Å²) < 4.78 is 0. The quantitative estimate of drug-likeness (QED) is 0.125. The Bertz CT molecular complexity index is 464. The Hall–Kier alpha value is -0.430. The van der Waals surface area contributed by atoms with E-state index in [-0.39, 0.29) is 0 Å². The molecule has 0 heterocycles. The highest BCUT2D eigenvalue weighted by Crippen LogP contribution is 2.16. The van der Waals surface area contributed by atoms with Crippen LogP contribution in [0.25, 0.3) is 0 Å². The Balaban J connectivity index is 1.68. The number of unbranched alkanes of at least 4 members (excludes halogenated alkanes) is 21. The van der Waals surface area contributed by atoms with Crippen molar-refractivity contribution >= 4 is 12.6 Å². The maximum atomic E-state index is 4.35. The molecular formula is C30H54S. The highest BCUT2D eigenvalue weighted by molar-refractivity contribution is 7.80. The predicted molar refractivity (Wildman–Crippen MR) is 145 cm³/mol. The van der Waals surface area contributed by atoms with Crippen molar-refractivity contribution in [3.8, 4) is 0 Å². The second-order valence-corrected chi connectivity index (χ2v) is 10.4. The van der Waals surface area contributed by atoms with Gasteiger partial charge in [-0.3, -0.25) is 0 Å². The van der Waals surface area contributed by atoms with Gasteiger partial charge in [0, 0.05) is 4.90 Å². The van der Waals surface area contributed by atoms with Crippen molar-refractivity contribution in [2.45, 2.75) is 159 Å². The first kappa shape index (κ1) is 28.6. The normalized spacial score (nSPS) is 11.3. The molecule has 0 aliphatic carbocycles. The first-order chi connectivity index (χ1) is 15.3. The summed E-state index contributed by atoms with van der Waals surface area (Å²) in [4.78, 5) is 1.07. The van der Waals surface area contributed by atoms with Gasteiger partial charge in [-0.25, -0.2) is 0 Å². The molecule has 1 aromatic rings. The molecule has 0 radical (unpaired) electrons. The third-order valence-corrected chi connectivity index (χ3v) is 7.05. The maximum absolute atomic E-state index is 4.35. The highest BCUT2D eigenvalue weighted by Gasteiger charge is 1.97. The second-order valence-electron chi connectivity index (χ2n) is 9.84. The summed E-state index contributed by atoms with van der Waals surface area (Å²) in [6.45, 7) is 2.30. The lowest BCUT2D eigenvalue weighted by Gasteiger charge is -2.04. The Kier molecular flexibility index (Phi) is 21.0. The first-order valence-corrected chi connectivity index (χ1v) is 14.6. The zero-order valence-corrected chi connectivity index (χ0v) is 21.9. The van der Waals surface area contributed by atoms with Crippen molar-refractivity contribution in [2.75, 3.05) is 0 Å². The van der Waals surface area contributed by atoms with E-state index in [9.17, 15) is 0 Å². The smallest absolute Gasteiger partial charge is 0.00401 e. The highest BCUT2D eigenvalue weighted by atomic mass is 32.1. The minimum Gasteiger partial charge on any atom is -0.143 e. The van der Waals surface area contributed by atoms with Gasteiger partial charge in [0.15, 0.2) is 0 Å². The molecule has 180 valence electrons. The summed E-state index contributed by atoms with van der Waals surface area (Å²) in [5.74, 6) is 0. The van der Waals surface area contributed by atoms with E-state index in [1.807, 2.05) is 0 Å². The van der Waals surface area contributed by atoms with Gasteiger partial charge >= 0.3 is 0 Å². The Morgan fingerprint density at radius 2 is 0.710 bits per heavy atom. The van der Waals surface area contributed by atoms with Crippen molar-refractivity contribution in [1.82, 2.24) is 0 Å². The van der Waals surface area contributed by atoms with Crippen LogP contribution in [-0.4, -0.2) is 0 Å². The molecule has 0 aliphatic heterocycles. The van der Waals surface area contributed by atoms with E-state index < -0.39 is 0 Å². The molecule has 31 heavy (non-hydrogen) atoms. The number of aryl methyl sites for hydroxylation is 1. The second kappa shape index (κ2) is 22.8. The summed E-state index contributed by atoms with van der Waals surface area (Å²) in [6, 6.07) is 8.66. The monoisotopic (exact) mass is 446 g/mol. The zero-order valence-electron chi connectivity index (χ0n) is 21.0. The minimum atomic E-state index is 1.07. The van der Waals surface area contributed by atoms with Gasteiger partial charge in [0.25, 0.3) is 0 Å². The molecule has 0 atom stereocenters. The average molecular weight is 447 g/mol. The van der Waals surface area contributed by atoms with E-state index in [2.05, 4.69) is 43.8 Å². The zero-order chi connectivity index (χ0) is 22.2. The number of benzene rings is 1. The van der Waals surface area contributed by atoms with Gasteiger partial charge < -0.3 is 0 Å². The van der Waals surface area contributed by atoms with E-state index in [1.165, 1.54) is 153 Å². The fourth-order valence-electron chi connectivity index (χ4n) is 4.60. The van der Waals surface area contributed by atoms with Gasteiger partial charge in [-0.05, 0) is 30.5 Å². The lowest BCUT2D eigenvalue weighted by Crippen LogP contribution is -1.86. The van der Waals surface area contributed by atoms with E-state index in [4.69, 9.17) is 0 Å². The van der Waals surface area contributed by atoms with E-state index in [1.54, 1.807) is 0 Å². The SMILES string of the molecule is CCCCCCCCCCCCCCCCCCCCCCCCc1ccc(S)cc1. The van der Waals surface area contributed by atoms with Crippen molar-refractivity contribution in [1.29, 1.82) is 0 Å². The molecule has 0 fully saturated rings. The molecule has 0 nitrogen and oxygen atoms in total. The van der Waals surface area contributed by atoms with Crippen LogP contribution < -0.4 is 0 Å². The van der Waals surface area contributed by atoms with Gasteiger partial charge in [0.2, 0.25) is 0 Å². The molecule has 1 aromatic carbocycles. The molecule has 1 heteroatoms. The van der Waals surface area contributed by atoms with Crippen LogP contribution in [0.5, 0.6) is 0 Å². The van der Waals surface area contributed by atoms with Gasteiger partial charge in [0.1, 0.15) is 0 Å². The molecule has 0 bridgehead atoms. The van der Waals surface area contributed by atoms with Gasteiger partial charge in [-0.15, -0.1) is 12.6 Å². The van der Waals surface area contributed by atoms with Crippen LogP contribution in [0.2, 0.25) is 0 Å². The van der Waals surface area contributed by atoms with Crippen LogP contribution in [0.15, 0.2) is 29.2 Å². The Morgan fingerprint density at radius 3 is 1.03 bits per heavy atom. The van der Waals surface area contributed by atoms with E-state index >= 15 is 0 Å². The van der Waals surface area contributed by atoms with Crippen molar-refractivity contribution in [2.24, 2.45) is 0 Å². The topological polar surface area (TPSA) is 0 Å². The molecule has 0 saturated carbocycles. The molecule has 1 rings (SSSR count). The van der Waals surface area contributed by atoms with Crippen LogP contribution in [0.4, 0.5) is 0 Å². The van der Waals surface area contributed by atoms with Crippen LogP contribution in [0, 0.1) is 0 Å². The summed E-state index contributed by atoms with van der Waals surface area (Å²) in [5.41, 5.74) is 1.46. The minimum absolute atomic E-state index is 1.07. The predicted octanol–water partition coefficient (Wildman–Crippen LogP) is 11.1. The molecular weight excluding hydrogens is 392 g/mol. The number of rotatable bonds is 23. The lowest BCUT2D eigenvalue weighted by atomic mass is 10.0. The molecule has 0 unspecified atom stereocenters. The van der Waals surface area contributed by atoms with Crippen molar-refractivity contribution < 1.29 is 0 Å². The largest absolute Gasteiger partial charge is 0.143 e. The van der Waals surface area contributed by atoms with E-state index in [0.29, 0.717) is 0 Å². The average Bonchev–Trinajstić information content (AvgIpc) is 2.78. The van der Waals surface area contributed by atoms with Gasteiger partial charge in [0.05, 0.1) is 0 Å². The molecule has 0 aromatic heterocycles. The van der Waals surface area contributed by atoms with Gasteiger partial charge in [-0.2, -0.15) is 0 Å². The van der Waals surface area contributed by atoms with Crippen LogP contribution in [0.3, 0.4) is 0 Å². The first-order valence-electron chi connectivity index (χ1n) is 14.1. The van der Waals surface area contributed by atoms with Gasteiger partial charge in [-0.1, -0.05) is 154 Å². The van der Waals surface area contributed by atoms with Crippen LogP contribution in [-0.2, 0) is 6.42 Å². The Labute approximate surface area is 201 Å². The van der Waals surface area contributed by atoms with E-state index in [0.717, 1.165) is 4.90 Å². The summed E-state index contributed by atoms with van der Waals surface area (Å²) in [7, 11) is 0. The number of hydrogen-bond acceptors (Lipinski definition) is 1. The summed E-state index contributed by atoms with van der Waals surface area (Å²) >= 11 is 4.35. The molecule has 0 amide bonds. The van der Waals surface area contributed by atoms with Crippen molar-refractivity contribution in [3.05, 3.63) is 29.8 Å². The number of thiol groups is 1. The molecule has 0 spiro atoms. The summed E-state index contributed by atoms with van der Waals surface area (Å²) in [6.07, 6.45) is 33.2. The Morgan fingerprint density at radius 1 is 0.419 bits per heavy atom.